The second kappa shape index (κ2) is 15.0. The third-order valence-corrected chi connectivity index (χ3v) is 7.24. The number of rotatable bonds is 12. The Morgan fingerprint density at radius 2 is 1.61 bits per heavy atom. The fraction of sp³-hybridized carbons (Fsp3) is 0.188. The van der Waals surface area contributed by atoms with Crippen LogP contribution in [0.15, 0.2) is 95.9 Å². The number of anilines is 1. The molecule has 2 N–H and O–H groups in total. The Morgan fingerprint density at radius 3 is 2.34 bits per heavy atom. The third-order valence-electron chi connectivity index (χ3n) is 5.92. The summed E-state index contributed by atoms with van der Waals surface area (Å²) in [5.41, 5.74) is 3.22. The number of thioether (sulfide) groups is 1. The van der Waals surface area contributed by atoms with Crippen LogP contribution in [0.5, 0.6) is 17.2 Å². The van der Waals surface area contributed by atoms with Crippen LogP contribution in [0, 0.1) is 0 Å². The molecule has 0 unspecified atom stereocenters. The molecule has 0 aromatic heterocycles. The number of hydrogen-bond acceptors (Lipinski definition) is 6. The smallest absolute Gasteiger partial charge is 0.319 e. The second-order valence-corrected chi connectivity index (χ2v) is 10.4. The summed E-state index contributed by atoms with van der Waals surface area (Å²) in [4.78, 5) is 25.7. The van der Waals surface area contributed by atoms with Crippen molar-refractivity contribution >= 4 is 41.1 Å². The fourth-order valence-electron chi connectivity index (χ4n) is 3.92. The molecule has 0 heterocycles. The average molecular weight is 591 g/mol. The Labute approximate surface area is 249 Å². The van der Waals surface area contributed by atoms with Crippen LogP contribution in [0.3, 0.4) is 0 Å². The number of halogens is 1. The van der Waals surface area contributed by atoms with Gasteiger partial charge in [0.2, 0.25) is 0 Å². The predicted molar refractivity (Wildman–Crippen MR) is 163 cm³/mol. The van der Waals surface area contributed by atoms with Crippen molar-refractivity contribution in [1.82, 2.24) is 5.32 Å². The van der Waals surface area contributed by atoms with Crippen molar-refractivity contribution < 1.29 is 23.8 Å². The molecule has 4 rings (SSSR count). The van der Waals surface area contributed by atoms with Gasteiger partial charge in [-0.2, -0.15) is 0 Å². The normalized spacial score (nSPS) is 10.5. The number of urea groups is 1. The Balaban J connectivity index is 1.55. The summed E-state index contributed by atoms with van der Waals surface area (Å²) in [6.07, 6.45) is 0.119. The fourth-order valence-corrected chi connectivity index (χ4v) is 4.93. The van der Waals surface area contributed by atoms with Gasteiger partial charge in [-0.15, -0.1) is 11.8 Å². The van der Waals surface area contributed by atoms with Gasteiger partial charge in [-0.25, -0.2) is 4.79 Å². The van der Waals surface area contributed by atoms with Crippen molar-refractivity contribution in [3.63, 3.8) is 0 Å². The first-order chi connectivity index (χ1) is 19.9. The van der Waals surface area contributed by atoms with Gasteiger partial charge in [0.05, 0.1) is 20.1 Å². The number of carbonyl (C=O) groups excluding carboxylic acids is 2. The van der Waals surface area contributed by atoms with Crippen LogP contribution in [0.2, 0.25) is 5.02 Å². The van der Waals surface area contributed by atoms with Gasteiger partial charge in [0.15, 0.2) is 11.5 Å². The summed E-state index contributed by atoms with van der Waals surface area (Å²) in [6.45, 7) is 2.50. The number of esters is 1. The lowest BCUT2D eigenvalue weighted by atomic mass is 10.1. The number of carbonyl (C=O) groups is 2. The molecular formula is C32H31ClN2O5S. The summed E-state index contributed by atoms with van der Waals surface area (Å²) in [5, 5.41) is 6.45. The lowest BCUT2D eigenvalue weighted by molar-refractivity contribution is -0.142. The zero-order valence-corrected chi connectivity index (χ0v) is 24.4. The van der Waals surface area contributed by atoms with E-state index in [1.807, 2.05) is 66.7 Å². The maximum absolute atomic E-state index is 12.6. The summed E-state index contributed by atoms with van der Waals surface area (Å²) in [5.74, 6) is 1.82. The van der Waals surface area contributed by atoms with E-state index >= 15 is 0 Å². The maximum Gasteiger partial charge on any atom is 0.319 e. The Morgan fingerprint density at radius 1 is 0.854 bits per heavy atom. The minimum atomic E-state index is -0.315. The number of hydrogen-bond donors (Lipinski definition) is 2. The molecule has 7 nitrogen and oxygen atoms in total. The average Bonchev–Trinajstić information content (AvgIpc) is 2.98. The molecule has 0 bridgehead atoms. The van der Waals surface area contributed by atoms with E-state index < -0.39 is 0 Å². The highest BCUT2D eigenvalue weighted by Gasteiger charge is 2.14. The van der Waals surface area contributed by atoms with Gasteiger partial charge in [-0.3, -0.25) is 4.79 Å². The van der Waals surface area contributed by atoms with Crippen LogP contribution in [-0.2, 0) is 28.2 Å². The van der Waals surface area contributed by atoms with Crippen LogP contribution in [0.4, 0.5) is 10.5 Å². The topological polar surface area (TPSA) is 85.9 Å². The molecule has 0 aliphatic carbocycles. The molecule has 4 aromatic rings. The number of nitrogens with one attached hydrogen (secondary N) is 2. The Hall–Kier alpha value is -4.14. The van der Waals surface area contributed by atoms with E-state index in [-0.39, 0.29) is 18.4 Å². The summed E-state index contributed by atoms with van der Waals surface area (Å²) < 4.78 is 17.0. The predicted octanol–water partition coefficient (Wildman–Crippen LogP) is 7.86. The lowest BCUT2D eigenvalue weighted by Gasteiger charge is -2.16. The minimum Gasteiger partial charge on any atom is -0.493 e. The van der Waals surface area contributed by atoms with Gasteiger partial charge in [-0.1, -0.05) is 48.0 Å². The highest BCUT2D eigenvalue weighted by Crippen LogP contribution is 2.37. The van der Waals surface area contributed by atoms with Crippen LogP contribution in [0.1, 0.15) is 23.6 Å². The number of amides is 2. The highest BCUT2D eigenvalue weighted by molar-refractivity contribution is 7.98. The Kier molecular flexibility index (Phi) is 10.9. The van der Waals surface area contributed by atoms with Gasteiger partial charge < -0.3 is 24.8 Å². The lowest BCUT2D eigenvalue weighted by Crippen LogP contribution is -2.28. The van der Waals surface area contributed by atoms with Crippen molar-refractivity contribution in [1.29, 1.82) is 0 Å². The van der Waals surface area contributed by atoms with Crippen LogP contribution < -0.4 is 20.1 Å². The molecule has 0 atom stereocenters. The second-order valence-electron chi connectivity index (χ2n) is 8.93. The first-order valence-electron chi connectivity index (χ1n) is 13.0. The molecule has 0 aliphatic rings. The van der Waals surface area contributed by atoms with E-state index in [4.69, 9.17) is 25.8 Å². The monoisotopic (exact) mass is 590 g/mol. The summed E-state index contributed by atoms with van der Waals surface area (Å²) in [6, 6.07) is 27.8. The molecule has 4 aromatic carbocycles. The van der Waals surface area contributed by atoms with Crippen LogP contribution in [-0.4, -0.2) is 25.7 Å². The Bertz CT molecular complexity index is 1470. The maximum atomic E-state index is 12.6. The minimum absolute atomic E-state index is 0.119. The van der Waals surface area contributed by atoms with E-state index in [0.29, 0.717) is 46.9 Å². The zero-order valence-electron chi connectivity index (χ0n) is 22.8. The van der Waals surface area contributed by atoms with Crippen molar-refractivity contribution in [3.05, 3.63) is 113 Å². The van der Waals surface area contributed by atoms with Crippen LogP contribution in [0.25, 0.3) is 0 Å². The van der Waals surface area contributed by atoms with Crippen molar-refractivity contribution in [3.8, 4) is 17.2 Å². The zero-order chi connectivity index (χ0) is 29.0. The quantitative estimate of drug-likeness (QED) is 0.129. The van der Waals surface area contributed by atoms with Gasteiger partial charge in [0, 0.05) is 33.5 Å². The summed E-state index contributed by atoms with van der Waals surface area (Å²) in [7, 11) is 1.56. The molecule has 212 valence electrons. The van der Waals surface area contributed by atoms with Gasteiger partial charge in [0.25, 0.3) is 0 Å². The van der Waals surface area contributed by atoms with Crippen molar-refractivity contribution in [2.24, 2.45) is 0 Å². The molecule has 9 heteroatoms. The largest absolute Gasteiger partial charge is 0.493 e. The first kappa shape index (κ1) is 29.8. The molecule has 0 saturated carbocycles. The SMILES string of the molecule is CCOC(=O)Cc1ccc(OC)c(Oc2ccc(NC(=O)NCc3ccccc3)cc2CSc2ccc(Cl)cc2)c1. The molecule has 0 spiro atoms. The van der Waals surface area contributed by atoms with Crippen molar-refractivity contribution in [2.45, 2.75) is 30.5 Å². The first-order valence-corrected chi connectivity index (χ1v) is 14.4. The molecule has 0 radical (unpaired) electrons. The van der Waals surface area contributed by atoms with Gasteiger partial charge in [0.1, 0.15) is 5.75 Å². The molecule has 41 heavy (non-hydrogen) atoms. The number of ether oxygens (including phenoxy) is 3. The van der Waals surface area contributed by atoms with E-state index in [0.717, 1.165) is 21.6 Å². The number of methoxy groups -OCH3 is 1. The molecule has 0 aliphatic heterocycles. The molecular weight excluding hydrogens is 560 g/mol. The molecule has 0 fully saturated rings. The van der Waals surface area contributed by atoms with Gasteiger partial charge >= 0.3 is 12.0 Å². The van der Waals surface area contributed by atoms with E-state index in [2.05, 4.69) is 10.6 Å². The van der Waals surface area contributed by atoms with Crippen molar-refractivity contribution in [2.75, 3.05) is 19.0 Å². The number of benzene rings is 4. The highest BCUT2D eigenvalue weighted by atomic mass is 35.5. The van der Waals surface area contributed by atoms with E-state index in [9.17, 15) is 9.59 Å². The summed E-state index contributed by atoms with van der Waals surface area (Å²) >= 11 is 7.66. The van der Waals surface area contributed by atoms with Crippen LogP contribution >= 0.6 is 23.4 Å². The van der Waals surface area contributed by atoms with E-state index in [1.54, 1.807) is 50.1 Å². The standard InChI is InChI=1S/C32H31ClN2O5S/c1-3-39-31(36)18-23-9-15-29(38-2)30(17-23)40-28-16-12-26(35-32(37)34-20-22-7-5-4-6-8-22)19-24(28)21-41-27-13-10-25(33)11-14-27/h4-17,19H,3,18,20-21H2,1-2H3,(H2,34,35,37). The molecule has 0 saturated heterocycles. The molecule has 2 amide bonds. The van der Waals surface area contributed by atoms with Gasteiger partial charge in [-0.05, 0) is 72.6 Å². The van der Waals surface area contributed by atoms with E-state index in [1.165, 1.54) is 0 Å². The third kappa shape index (κ3) is 9.20.